The van der Waals surface area contributed by atoms with E-state index in [1.54, 1.807) is 6.34 Å². The molecule has 3 nitrogen and oxygen atoms in total. The van der Waals surface area contributed by atoms with Gasteiger partial charge in [0.25, 0.3) is 6.34 Å². The monoisotopic (exact) mass is 286 g/mol. The molecule has 0 radical (unpaired) electrons. The first-order valence-electron chi connectivity index (χ1n) is 4.43. The summed E-state index contributed by atoms with van der Waals surface area (Å²) in [5, 5.41) is 1.92. The normalized spacial score (nSPS) is 14.2. The third-order valence-corrected chi connectivity index (χ3v) is 2.93. The fraction of sp³-hybridized carbons (Fsp3) is 0.300. The van der Waals surface area contributed by atoms with Crippen molar-refractivity contribution in [2.24, 2.45) is 4.99 Å². The molecule has 0 aromatic carbocycles. The second-order valence-corrected chi connectivity index (χ2v) is 4.23. The van der Waals surface area contributed by atoms with Crippen LogP contribution in [0.25, 0.3) is 0 Å². The maximum absolute atomic E-state index is 11.7. The smallest absolute Gasteiger partial charge is 0.282 e. The molecule has 0 spiro atoms. The Bertz CT molecular complexity index is 409. The Balaban J connectivity index is 0.00000112. The minimum Gasteiger partial charge on any atom is -1.00 e. The molecule has 80 valence electrons. The third kappa shape index (κ3) is 3.07. The van der Waals surface area contributed by atoms with E-state index in [-0.39, 0.29) is 22.8 Å². The van der Waals surface area contributed by atoms with E-state index in [0.29, 0.717) is 6.54 Å². The highest BCUT2D eigenvalue weighted by atomic mass is 79.9. The zero-order valence-electron chi connectivity index (χ0n) is 8.31. The highest BCUT2D eigenvalue weighted by Crippen LogP contribution is 2.09. The van der Waals surface area contributed by atoms with E-state index in [9.17, 15) is 4.79 Å². The molecule has 1 aromatic heterocycles. The first-order valence-corrected chi connectivity index (χ1v) is 5.31. The predicted octanol–water partition coefficient (Wildman–Crippen LogP) is -1.55. The van der Waals surface area contributed by atoms with Gasteiger partial charge in [0.05, 0.1) is 4.88 Å². The summed E-state index contributed by atoms with van der Waals surface area (Å²) in [6, 6.07) is 3.75. The van der Waals surface area contributed by atoms with Crippen molar-refractivity contribution in [3.8, 4) is 0 Å². The van der Waals surface area contributed by atoms with E-state index in [1.807, 2.05) is 29.0 Å². The lowest BCUT2D eigenvalue weighted by molar-refractivity contribution is -0.491. The Kier molecular flexibility index (Phi) is 4.35. The molecule has 1 aliphatic heterocycles. The molecule has 0 aliphatic carbocycles. The molecule has 15 heavy (non-hydrogen) atoms. The molecule has 1 aromatic rings. The van der Waals surface area contributed by atoms with Crippen LogP contribution in [0.5, 0.6) is 0 Å². The number of hydrogen-bond acceptors (Lipinski definition) is 3. The number of carbonyl (C=O) groups excluding carboxylic acids is 1. The van der Waals surface area contributed by atoms with Crippen molar-refractivity contribution in [3.63, 3.8) is 0 Å². The van der Waals surface area contributed by atoms with E-state index in [1.165, 1.54) is 11.3 Å². The topological polar surface area (TPSA) is 32.4 Å². The van der Waals surface area contributed by atoms with Crippen molar-refractivity contribution in [2.75, 3.05) is 13.1 Å². The van der Waals surface area contributed by atoms with Gasteiger partial charge in [-0.15, -0.1) is 11.3 Å². The Morgan fingerprint density at radius 3 is 3.00 bits per heavy atom. The van der Waals surface area contributed by atoms with Crippen LogP contribution in [-0.2, 0) is 0 Å². The highest BCUT2D eigenvalue weighted by molar-refractivity contribution is 7.12. The number of halogens is 1. The maximum Gasteiger partial charge on any atom is 0.282 e. The second-order valence-electron chi connectivity index (χ2n) is 3.29. The summed E-state index contributed by atoms with van der Waals surface area (Å²) in [6.07, 6.45) is 1.74. The largest absolute Gasteiger partial charge is 1.00 e. The molecule has 0 unspecified atom stereocenters. The highest BCUT2D eigenvalue weighted by Gasteiger charge is 2.17. The van der Waals surface area contributed by atoms with Crippen molar-refractivity contribution in [2.45, 2.75) is 6.92 Å². The summed E-state index contributed by atoms with van der Waals surface area (Å²) < 4.78 is 1.93. The van der Waals surface area contributed by atoms with Gasteiger partial charge in [-0.25, -0.2) is 4.58 Å². The van der Waals surface area contributed by atoms with Crippen LogP contribution in [0.2, 0.25) is 0 Å². The number of Topliss-reactive ketones (excluding diaryl/α,β-unsaturated/α-hetero) is 1. The Morgan fingerprint density at radius 1 is 1.67 bits per heavy atom. The lowest BCUT2D eigenvalue weighted by Crippen LogP contribution is -3.00. The SMILES string of the molecule is CC1=NC=[N+](CC(=O)c2cccs2)C1.[Br-]. The van der Waals surface area contributed by atoms with Gasteiger partial charge >= 0.3 is 0 Å². The van der Waals surface area contributed by atoms with Crippen LogP contribution in [0.4, 0.5) is 0 Å². The lowest BCUT2D eigenvalue weighted by Gasteiger charge is -1.97. The number of hydrogen-bond donors (Lipinski definition) is 0. The third-order valence-electron chi connectivity index (χ3n) is 2.02. The molecule has 0 amide bonds. The van der Waals surface area contributed by atoms with Crippen molar-refractivity contribution in [3.05, 3.63) is 22.4 Å². The van der Waals surface area contributed by atoms with E-state index in [4.69, 9.17) is 0 Å². The van der Waals surface area contributed by atoms with E-state index in [2.05, 4.69) is 4.99 Å². The first kappa shape index (κ1) is 12.3. The Hall–Kier alpha value is -0.810. The van der Waals surface area contributed by atoms with Crippen LogP contribution >= 0.6 is 11.3 Å². The summed E-state index contributed by atoms with van der Waals surface area (Å²) in [7, 11) is 0. The predicted molar refractivity (Wildman–Crippen MR) is 57.8 cm³/mol. The standard InChI is InChI=1S/C10H11N2OS.BrH/c1-8-5-12(7-11-8)6-9(13)10-3-2-4-14-10;/h2-4,7H,5-6H2,1H3;1H/q+1;/p-1. The average molecular weight is 287 g/mol. The molecule has 2 rings (SSSR count). The van der Waals surface area contributed by atoms with E-state index >= 15 is 0 Å². The van der Waals surface area contributed by atoms with E-state index < -0.39 is 0 Å². The van der Waals surface area contributed by atoms with Crippen molar-refractivity contribution < 1.29 is 26.4 Å². The van der Waals surface area contributed by atoms with Gasteiger partial charge in [0.2, 0.25) is 5.78 Å². The summed E-state index contributed by atoms with van der Waals surface area (Å²) >= 11 is 1.49. The summed E-state index contributed by atoms with van der Waals surface area (Å²) in [4.78, 5) is 16.6. The molecule has 0 N–H and O–H groups in total. The number of ketones is 1. The van der Waals surface area contributed by atoms with E-state index in [0.717, 1.165) is 17.1 Å². The van der Waals surface area contributed by atoms with Crippen molar-refractivity contribution in [1.29, 1.82) is 0 Å². The molecular weight excluding hydrogens is 276 g/mol. The lowest BCUT2D eigenvalue weighted by atomic mass is 10.3. The molecule has 5 heteroatoms. The summed E-state index contributed by atoms with van der Waals surface area (Å²) in [5.74, 6) is 0.168. The van der Waals surface area contributed by atoms with Gasteiger partial charge in [0.15, 0.2) is 5.71 Å². The molecular formula is C10H11BrN2OS. The number of thiophene rings is 1. The van der Waals surface area contributed by atoms with Crippen LogP contribution < -0.4 is 17.0 Å². The van der Waals surface area contributed by atoms with Crippen LogP contribution in [0.3, 0.4) is 0 Å². The van der Waals surface area contributed by atoms with Gasteiger partial charge in [-0.3, -0.25) is 4.79 Å². The zero-order chi connectivity index (χ0) is 9.97. The number of rotatable bonds is 3. The van der Waals surface area contributed by atoms with Gasteiger partial charge in [0.1, 0.15) is 13.1 Å². The minimum absolute atomic E-state index is 0. The van der Waals surface area contributed by atoms with Crippen LogP contribution in [-0.4, -0.2) is 35.5 Å². The Morgan fingerprint density at radius 2 is 2.47 bits per heavy atom. The number of carbonyl (C=O) groups is 1. The van der Waals surface area contributed by atoms with Gasteiger partial charge < -0.3 is 17.0 Å². The summed E-state index contributed by atoms with van der Waals surface area (Å²) in [5.41, 5.74) is 1.06. The molecule has 2 heterocycles. The fourth-order valence-corrected chi connectivity index (χ4v) is 2.01. The Labute approximate surface area is 103 Å². The van der Waals surface area contributed by atoms with Crippen molar-refractivity contribution in [1.82, 2.24) is 0 Å². The molecule has 1 aliphatic rings. The van der Waals surface area contributed by atoms with Crippen LogP contribution in [0.1, 0.15) is 16.6 Å². The molecule has 0 saturated carbocycles. The average Bonchev–Trinajstić information content (AvgIpc) is 2.75. The zero-order valence-corrected chi connectivity index (χ0v) is 10.7. The van der Waals surface area contributed by atoms with Crippen LogP contribution in [0, 0.1) is 0 Å². The second kappa shape index (κ2) is 5.32. The van der Waals surface area contributed by atoms with Gasteiger partial charge in [0, 0.05) is 6.92 Å². The molecule has 0 atom stereocenters. The molecule has 0 fully saturated rings. The van der Waals surface area contributed by atoms with Crippen molar-refractivity contribution >= 4 is 29.2 Å². The maximum atomic E-state index is 11.7. The molecule has 0 saturated heterocycles. The quantitative estimate of drug-likeness (QED) is 0.489. The molecule has 0 bridgehead atoms. The van der Waals surface area contributed by atoms with Gasteiger partial charge in [-0.2, -0.15) is 0 Å². The van der Waals surface area contributed by atoms with Gasteiger partial charge in [-0.1, -0.05) is 11.1 Å². The number of nitrogens with zero attached hydrogens (tertiary/aromatic N) is 2. The van der Waals surface area contributed by atoms with Gasteiger partial charge in [-0.05, 0) is 11.4 Å². The fourth-order valence-electron chi connectivity index (χ4n) is 1.35. The first-order chi connectivity index (χ1) is 6.75. The van der Waals surface area contributed by atoms with Crippen LogP contribution in [0.15, 0.2) is 22.5 Å². The summed E-state index contributed by atoms with van der Waals surface area (Å²) in [6.45, 7) is 3.17. The minimum atomic E-state index is 0. The number of aliphatic imine (C=N–C) groups is 1.